The predicted octanol–water partition coefficient (Wildman–Crippen LogP) is 3.72. The van der Waals surface area contributed by atoms with E-state index in [9.17, 15) is 4.79 Å². The molecule has 0 saturated carbocycles. The lowest BCUT2D eigenvalue weighted by Crippen LogP contribution is -2.10. The molecule has 0 bridgehead atoms. The van der Waals surface area contributed by atoms with Gasteiger partial charge in [-0.05, 0) is 36.4 Å². The number of carbonyl (C=O) groups excluding carboxylic acids is 1. The smallest absolute Gasteiger partial charge is 0.260 e. The number of benzene rings is 2. The molecule has 104 valence electrons. The van der Waals surface area contributed by atoms with Gasteiger partial charge in [0, 0.05) is 5.69 Å². The van der Waals surface area contributed by atoms with Gasteiger partial charge in [0.2, 0.25) is 0 Å². The standard InChI is InChI=1S/C16H12N2O3/c19-16(12-10-17-20-11-12)18-13-6-8-15(9-7-13)21-14-4-2-1-3-5-14/h1-11H,(H,18,19). The van der Waals surface area contributed by atoms with Crippen molar-refractivity contribution in [1.29, 1.82) is 0 Å². The van der Waals surface area contributed by atoms with E-state index in [4.69, 9.17) is 4.74 Å². The first-order valence-electron chi connectivity index (χ1n) is 6.35. The van der Waals surface area contributed by atoms with Crippen molar-refractivity contribution in [3.63, 3.8) is 0 Å². The van der Waals surface area contributed by atoms with Gasteiger partial charge >= 0.3 is 0 Å². The molecule has 3 aromatic rings. The predicted molar refractivity (Wildman–Crippen MR) is 77.4 cm³/mol. The third-order valence-corrected chi connectivity index (χ3v) is 2.79. The van der Waals surface area contributed by atoms with Crippen molar-refractivity contribution in [3.8, 4) is 11.5 Å². The fourth-order valence-corrected chi connectivity index (χ4v) is 1.75. The van der Waals surface area contributed by atoms with Gasteiger partial charge in [0.15, 0.2) is 0 Å². The molecule has 0 atom stereocenters. The normalized spacial score (nSPS) is 10.1. The summed E-state index contributed by atoms with van der Waals surface area (Å²) in [5.74, 6) is 1.19. The molecule has 0 unspecified atom stereocenters. The van der Waals surface area contributed by atoms with E-state index in [2.05, 4.69) is 15.0 Å². The van der Waals surface area contributed by atoms with Gasteiger partial charge in [-0.3, -0.25) is 4.79 Å². The quantitative estimate of drug-likeness (QED) is 0.791. The van der Waals surface area contributed by atoms with E-state index in [1.54, 1.807) is 24.3 Å². The van der Waals surface area contributed by atoms with E-state index in [-0.39, 0.29) is 5.91 Å². The van der Waals surface area contributed by atoms with Crippen molar-refractivity contribution in [2.45, 2.75) is 0 Å². The van der Waals surface area contributed by atoms with Crippen molar-refractivity contribution < 1.29 is 14.1 Å². The Morgan fingerprint density at radius 2 is 1.71 bits per heavy atom. The number of ether oxygens (including phenoxy) is 1. The summed E-state index contributed by atoms with van der Waals surface area (Å²) in [6.45, 7) is 0. The molecule has 21 heavy (non-hydrogen) atoms. The monoisotopic (exact) mass is 280 g/mol. The maximum atomic E-state index is 11.8. The van der Waals surface area contributed by atoms with Crippen molar-refractivity contribution in [2.24, 2.45) is 0 Å². The number of hydrogen-bond donors (Lipinski definition) is 1. The van der Waals surface area contributed by atoms with Crippen LogP contribution in [0.3, 0.4) is 0 Å². The summed E-state index contributed by atoms with van der Waals surface area (Å²) >= 11 is 0. The van der Waals surface area contributed by atoms with Gasteiger partial charge in [0.05, 0.1) is 11.8 Å². The highest BCUT2D eigenvalue weighted by Gasteiger charge is 2.08. The Hall–Kier alpha value is -3.08. The van der Waals surface area contributed by atoms with Crippen LogP contribution in [0.5, 0.6) is 11.5 Å². The Bertz CT molecular complexity index is 707. The Labute approximate surface area is 121 Å². The first-order valence-corrected chi connectivity index (χ1v) is 6.35. The molecular formula is C16H12N2O3. The fraction of sp³-hybridized carbons (Fsp3) is 0. The number of amides is 1. The lowest BCUT2D eigenvalue weighted by atomic mass is 10.2. The van der Waals surface area contributed by atoms with Gasteiger partial charge in [-0.25, -0.2) is 0 Å². The molecule has 2 aromatic carbocycles. The average molecular weight is 280 g/mol. The van der Waals surface area contributed by atoms with Gasteiger partial charge in [0.25, 0.3) is 5.91 Å². The van der Waals surface area contributed by atoms with Crippen molar-refractivity contribution in [2.75, 3.05) is 5.32 Å². The summed E-state index contributed by atoms with van der Waals surface area (Å²) in [6, 6.07) is 16.6. The summed E-state index contributed by atoms with van der Waals surface area (Å²) in [5, 5.41) is 6.23. The zero-order chi connectivity index (χ0) is 14.5. The van der Waals surface area contributed by atoms with Crippen LogP contribution in [0.25, 0.3) is 0 Å². The van der Waals surface area contributed by atoms with E-state index in [0.717, 1.165) is 5.75 Å². The van der Waals surface area contributed by atoms with Crippen LogP contribution in [0.1, 0.15) is 10.4 Å². The number of hydrogen-bond acceptors (Lipinski definition) is 4. The highest BCUT2D eigenvalue weighted by molar-refractivity contribution is 6.03. The van der Waals surface area contributed by atoms with Crippen LogP contribution in [0.15, 0.2) is 71.6 Å². The Kier molecular flexibility index (Phi) is 3.64. The minimum Gasteiger partial charge on any atom is -0.457 e. The van der Waals surface area contributed by atoms with Crippen molar-refractivity contribution in [3.05, 3.63) is 72.6 Å². The SMILES string of the molecule is O=C(Nc1ccc(Oc2ccccc2)cc1)c1cnoc1. The molecule has 0 aliphatic carbocycles. The minimum atomic E-state index is -0.270. The van der Waals surface area contributed by atoms with Crippen LogP contribution in [0.4, 0.5) is 5.69 Å². The second-order valence-electron chi connectivity index (χ2n) is 4.31. The average Bonchev–Trinajstić information content (AvgIpc) is 3.05. The number of nitrogens with one attached hydrogen (secondary N) is 1. The summed E-state index contributed by atoms with van der Waals surface area (Å²) in [6.07, 6.45) is 2.66. The molecule has 5 nitrogen and oxygen atoms in total. The lowest BCUT2D eigenvalue weighted by molar-refractivity contribution is 0.102. The van der Waals surface area contributed by atoms with Crippen molar-refractivity contribution >= 4 is 11.6 Å². The van der Waals surface area contributed by atoms with Crippen LogP contribution in [-0.2, 0) is 0 Å². The number of nitrogens with zero attached hydrogens (tertiary/aromatic N) is 1. The molecule has 1 amide bonds. The fourth-order valence-electron chi connectivity index (χ4n) is 1.75. The zero-order valence-electron chi connectivity index (χ0n) is 11.0. The van der Waals surface area contributed by atoms with Crippen LogP contribution in [0, 0.1) is 0 Å². The number of aromatic nitrogens is 1. The maximum Gasteiger partial charge on any atom is 0.260 e. The third-order valence-electron chi connectivity index (χ3n) is 2.79. The molecule has 0 spiro atoms. The second kappa shape index (κ2) is 5.92. The van der Waals surface area contributed by atoms with Gasteiger partial charge < -0.3 is 14.6 Å². The summed E-state index contributed by atoms with van der Waals surface area (Å²) in [7, 11) is 0. The molecule has 1 aromatic heterocycles. The van der Waals surface area contributed by atoms with E-state index in [1.165, 1.54) is 12.5 Å². The summed E-state index contributed by atoms with van der Waals surface area (Å²) in [4.78, 5) is 11.8. The van der Waals surface area contributed by atoms with Crippen LogP contribution < -0.4 is 10.1 Å². The minimum absolute atomic E-state index is 0.270. The largest absolute Gasteiger partial charge is 0.457 e. The van der Waals surface area contributed by atoms with Crippen LogP contribution >= 0.6 is 0 Å². The molecule has 5 heteroatoms. The lowest BCUT2D eigenvalue weighted by Gasteiger charge is -2.07. The van der Waals surface area contributed by atoms with E-state index < -0.39 is 0 Å². The van der Waals surface area contributed by atoms with Crippen LogP contribution in [-0.4, -0.2) is 11.1 Å². The Balaban J connectivity index is 1.65. The van der Waals surface area contributed by atoms with Crippen LogP contribution in [0.2, 0.25) is 0 Å². The van der Waals surface area contributed by atoms with Gasteiger partial charge in [-0.15, -0.1) is 0 Å². The van der Waals surface area contributed by atoms with Gasteiger partial charge in [0.1, 0.15) is 17.8 Å². The highest BCUT2D eigenvalue weighted by atomic mass is 16.5. The molecular weight excluding hydrogens is 268 g/mol. The molecule has 0 saturated heterocycles. The molecule has 0 aliphatic rings. The summed E-state index contributed by atoms with van der Waals surface area (Å²) in [5.41, 5.74) is 1.04. The number of carbonyl (C=O) groups is 1. The molecule has 0 aliphatic heterocycles. The van der Waals surface area contributed by atoms with Gasteiger partial charge in [-0.2, -0.15) is 0 Å². The molecule has 0 radical (unpaired) electrons. The molecule has 0 fully saturated rings. The number of anilines is 1. The number of rotatable bonds is 4. The molecule has 3 rings (SSSR count). The molecule has 1 heterocycles. The maximum absolute atomic E-state index is 11.8. The zero-order valence-corrected chi connectivity index (χ0v) is 11.0. The second-order valence-corrected chi connectivity index (χ2v) is 4.31. The van der Waals surface area contributed by atoms with E-state index in [1.807, 2.05) is 30.3 Å². The topological polar surface area (TPSA) is 64.4 Å². The first-order chi connectivity index (χ1) is 10.3. The summed E-state index contributed by atoms with van der Waals surface area (Å²) < 4.78 is 10.3. The Morgan fingerprint density at radius 3 is 2.38 bits per heavy atom. The van der Waals surface area contributed by atoms with Gasteiger partial charge in [-0.1, -0.05) is 23.4 Å². The Morgan fingerprint density at radius 1 is 1.00 bits per heavy atom. The third kappa shape index (κ3) is 3.27. The molecule has 1 N–H and O–H groups in total. The highest BCUT2D eigenvalue weighted by Crippen LogP contribution is 2.22. The number of para-hydroxylation sites is 1. The van der Waals surface area contributed by atoms with E-state index in [0.29, 0.717) is 17.0 Å². The first kappa shape index (κ1) is 12.9. The van der Waals surface area contributed by atoms with E-state index >= 15 is 0 Å². The van der Waals surface area contributed by atoms with Crippen molar-refractivity contribution in [1.82, 2.24) is 5.16 Å².